The molecule has 0 bridgehead atoms. The molecule has 0 aromatic heterocycles. The zero-order valence-electron chi connectivity index (χ0n) is 7.88. The predicted octanol–water partition coefficient (Wildman–Crippen LogP) is 2.19. The Hall–Kier alpha value is -1.68. The van der Waals surface area contributed by atoms with Gasteiger partial charge in [0, 0.05) is 18.1 Å². The van der Waals surface area contributed by atoms with Crippen molar-refractivity contribution in [2.45, 2.75) is 18.3 Å². The quantitative estimate of drug-likeness (QED) is 0.601. The molecule has 4 nitrogen and oxygen atoms in total. The summed E-state index contributed by atoms with van der Waals surface area (Å²) in [4.78, 5) is 0. The van der Waals surface area contributed by atoms with Gasteiger partial charge >= 0.3 is 0 Å². The van der Waals surface area contributed by atoms with Crippen LogP contribution in [0.4, 0.5) is 0 Å². The molecule has 0 aromatic rings. The van der Waals surface area contributed by atoms with E-state index in [0.29, 0.717) is 6.42 Å². The van der Waals surface area contributed by atoms with Gasteiger partial charge in [0.25, 0.3) is 0 Å². The fourth-order valence-electron chi connectivity index (χ4n) is 2.28. The molecule has 0 aromatic carbocycles. The van der Waals surface area contributed by atoms with E-state index in [-0.39, 0.29) is 6.10 Å². The lowest BCUT2D eigenvalue weighted by Crippen LogP contribution is -2.25. The van der Waals surface area contributed by atoms with Gasteiger partial charge in [-0.1, -0.05) is 6.08 Å². The summed E-state index contributed by atoms with van der Waals surface area (Å²) in [5.41, 5.74) is 1.99. The van der Waals surface area contributed by atoms with Gasteiger partial charge in [0.05, 0.1) is 11.9 Å². The molecule has 0 N–H and O–H groups in total. The van der Waals surface area contributed by atoms with E-state index in [9.17, 15) is 0 Å². The maximum atomic E-state index is 5.87. The van der Waals surface area contributed by atoms with Crippen LogP contribution in [0.3, 0.4) is 0 Å². The highest BCUT2D eigenvalue weighted by Gasteiger charge is 2.49. The molecule has 15 heavy (non-hydrogen) atoms. The van der Waals surface area contributed by atoms with Crippen molar-refractivity contribution >= 4 is 0 Å². The van der Waals surface area contributed by atoms with Gasteiger partial charge in [0.15, 0.2) is 0 Å². The molecule has 4 aliphatic rings. The van der Waals surface area contributed by atoms with Crippen molar-refractivity contribution in [3.63, 3.8) is 0 Å². The fourth-order valence-corrected chi connectivity index (χ4v) is 2.28. The zero-order chi connectivity index (χ0) is 9.88. The first-order valence-corrected chi connectivity index (χ1v) is 4.93. The molecule has 2 atom stereocenters. The normalized spacial score (nSPS) is 38.9. The predicted molar refractivity (Wildman–Crippen MR) is 51.6 cm³/mol. The van der Waals surface area contributed by atoms with E-state index < -0.39 is 5.79 Å². The lowest BCUT2D eigenvalue weighted by atomic mass is 10.2. The largest absolute Gasteiger partial charge is 0.459 e. The van der Waals surface area contributed by atoms with Crippen LogP contribution in [0, 0.1) is 0 Å². The van der Waals surface area contributed by atoms with Crippen LogP contribution in [0.25, 0.3) is 0 Å². The van der Waals surface area contributed by atoms with E-state index in [2.05, 4.69) is 10.2 Å². The van der Waals surface area contributed by atoms with Crippen molar-refractivity contribution in [1.29, 1.82) is 0 Å². The second-order valence-electron chi connectivity index (χ2n) is 3.98. The summed E-state index contributed by atoms with van der Waals surface area (Å²) < 4.78 is 11.7. The topological polar surface area (TPSA) is 43.2 Å². The SMILES string of the molecule is C1=CC2OC3(C=C4N=NC=C4C3)OC2=C1. The summed E-state index contributed by atoms with van der Waals surface area (Å²) >= 11 is 0. The third-order valence-corrected chi connectivity index (χ3v) is 2.95. The first kappa shape index (κ1) is 7.59. The molecule has 1 fully saturated rings. The zero-order valence-corrected chi connectivity index (χ0v) is 7.88. The molecule has 4 rings (SSSR count). The number of allylic oxidation sites excluding steroid dienone is 3. The molecular formula is C11H8N2O2. The summed E-state index contributed by atoms with van der Waals surface area (Å²) in [5.74, 6) is 0.270. The number of fused-ring (bicyclic) bond motifs is 2. The molecule has 2 aliphatic heterocycles. The highest BCUT2D eigenvalue weighted by atomic mass is 16.7. The molecule has 2 unspecified atom stereocenters. The number of azo groups is 1. The minimum Gasteiger partial charge on any atom is -0.459 e. The van der Waals surface area contributed by atoms with Gasteiger partial charge in [-0.3, -0.25) is 0 Å². The van der Waals surface area contributed by atoms with Gasteiger partial charge in [0.1, 0.15) is 11.9 Å². The Bertz CT molecular complexity index is 499. The van der Waals surface area contributed by atoms with E-state index in [1.165, 1.54) is 0 Å². The Morgan fingerprint density at radius 1 is 1.47 bits per heavy atom. The molecule has 0 amide bonds. The van der Waals surface area contributed by atoms with Gasteiger partial charge in [0.2, 0.25) is 5.79 Å². The smallest absolute Gasteiger partial charge is 0.237 e. The summed E-state index contributed by atoms with van der Waals surface area (Å²) in [6, 6.07) is 0. The van der Waals surface area contributed by atoms with Gasteiger partial charge < -0.3 is 9.47 Å². The molecule has 74 valence electrons. The van der Waals surface area contributed by atoms with Crippen molar-refractivity contribution in [3.05, 3.63) is 47.5 Å². The van der Waals surface area contributed by atoms with Crippen molar-refractivity contribution < 1.29 is 9.47 Å². The van der Waals surface area contributed by atoms with Crippen LogP contribution in [0.1, 0.15) is 6.42 Å². The van der Waals surface area contributed by atoms with E-state index in [1.807, 2.05) is 24.3 Å². The number of rotatable bonds is 0. The molecular weight excluding hydrogens is 192 g/mol. The van der Waals surface area contributed by atoms with Crippen LogP contribution in [0.15, 0.2) is 57.8 Å². The number of hydrogen-bond acceptors (Lipinski definition) is 4. The van der Waals surface area contributed by atoms with Gasteiger partial charge in [-0.15, -0.1) is 0 Å². The monoisotopic (exact) mass is 200 g/mol. The van der Waals surface area contributed by atoms with Crippen LogP contribution in [-0.4, -0.2) is 11.9 Å². The van der Waals surface area contributed by atoms with E-state index in [4.69, 9.17) is 9.47 Å². The summed E-state index contributed by atoms with van der Waals surface area (Å²) in [6.45, 7) is 0. The summed E-state index contributed by atoms with van der Waals surface area (Å²) in [7, 11) is 0. The first-order chi connectivity index (χ1) is 7.35. The molecule has 4 heteroatoms. The molecule has 1 spiro atoms. The van der Waals surface area contributed by atoms with Crippen LogP contribution < -0.4 is 0 Å². The Morgan fingerprint density at radius 3 is 3.33 bits per heavy atom. The van der Waals surface area contributed by atoms with Gasteiger partial charge in [-0.05, 0) is 12.2 Å². The average molecular weight is 200 g/mol. The van der Waals surface area contributed by atoms with E-state index >= 15 is 0 Å². The maximum absolute atomic E-state index is 5.87. The van der Waals surface area contributed by atoms with Gasteiger partial charge in [-0.25, -0.2) is 0 Å². The molecule has 0 saturated carbocycles. The summed E-state index contributed by atoms with van der Waals surface area (Å²) in [5, 5.41) is 7.86. The standard InChI is InChI=1S/C11H8N2O2/c1-2-9-10(3-1)15-11(14-9)4-7-6-12-13-8(7)5-11/h1-3,5-6,9H,4H2. The van der Waals surface area contributed by atoms with Crippen LogP contribution in [0.2, 0.25) is 0 Å². The summed E-state index contributed by atoms with van der Waals surface area (Å²) in [6.07, 6.45) is 10.3. The third-order valence-electron chi connectivity index (χ3n) is 2.95. The maximum Gasteiger partial charge on any atom is 0.237 e. The fraction of sp³-hybridized carbons (Fsp3) is 0.273. The Morgan fingerprint density at radius 2 is 2.47 bits per heavy atom. The second-order valence-corrected chi connectivity index (χ2v) is 3.98. The highest BCUT2D eigenvalue weighted by molar-refractivity contribution is 5.43. The second kappa shape index (κ2) is 2.28. The molecule has 2 aliphatic carbocycles. The minimum absolute atomic E-state index is 0.0155. The number of ether oxygens (including phenoxy) is 2. The van der Waals surface area contributed by atoms with Crippen molar-refractivity contribution in [2.24, 2.45) is 10.2 Å². The first-order valence-electron chi connectivity index (χ1n) is 4.93. The van der Waals surface area contributed by atoms with Crippen molar-refractivity contribution in [3.8, 4) is 0 Å². The molecule has 1 saturated heterocycles. The minimum atomic E-state index is -0.623. The molecule has 2 heterocycles. The highest BCUT2D eigenvalue weighted by Crippen LogP contribution is 2.47. The third kappa shape index (κ3) is 0.894. The van der Waals surface area contributed by atoms with Crippen LogP contribution in [0.5, 0.6) is 0 Å². The Kier molecular flexibility index (Phi) is 1.15. The average Bonchev–Trinajstić information content (AvgIpc) is 2.84. The Labute approximate surface area is 86.3 Å². The number of nitrogens with zero attached hydrogens (tertiary/aromatic N) is 2. The lowest BCUT2D eigenvalue weighted by Gasteiger charge is -2.19. The van der Waals surface area contributed by atoms with E-state index in [0.717, 1.165) is 17.0 Å². The Balaban J connectivity index is 1.73. The lowest BCUT2D eigenvalue weighted by molar-refractivity contribution is -0.111. The van der Waals surface area contributed by atoms with Crippen LogP contribution >= 0.6 is 0 Å². The molecule has 0 radical (unpaired) electrons. The van der Waals surface area contributed by atoms with Crippen LogP contribution in [-0.2, 0) is 9.47 Å². The van der Waals surface area contributed by atoms with Crippen molar-refractivity contribution in [2.75, 3.05) is 0 Å². The van der Waals surface area contributed by atoms with Gasteiger partial charge in [-0.2, -0.15) is 10.2 Å². The number of hydrogen-bond donors (Lipinski definition) is 0. The van der Waals surface area contributed by atoms with Crippen molar-refractivity contribution in [1.82, 2.24) is 0 Å². The van der Waals surface area contributed by atoms with E-state index in [1.54, 1.807) is 6.20 Å².